The van der Waals surface area contributed by atoms with Gasteiger partial charge in [0.2, 0.25) is 0 Å². The Morgan fingerprint density at radius 2 is 2.38 bits per heavy atom. The van der Waals surface area contributed by atoms with Crippen LogP contribution >= 0.6 is 0 Å². The van der Waals surface area contributed by atoms with Crippen LogP contribution in [0.3, 0.4) is 0 Å². The van der Waals surface area contributed by atoms with Gasteiger partial charge in [-0.05, 0) is 18.8 Å². The summed E-state index contributed by atoms with van der Waals surface area (Å²) in [4.78, 5) is 20.6. The topological polar surface area (TPSA) is 44.8 Å². The van der Waals surface area contributed by atoms with Crippen molar-refractivity contribution in [2.45, 2.75) is 38.4 Å². The van der Waals surface area contributed by atoms with Crippen LogP contribution in [0.2, 0.25) is 0 Å². The van der Waals surface area contributed by atoms with E-state index in [4.69, 9.17) is 9.62 Å². The number of rotatable bonds is 2. The first-order valence-electron chi connectivity index (χ1n) is 4.76. The first-order valence-corrected chi connectivity index (χ1v) is 4.76. The molecule has 1 aliphatic carbocycles. The summed E-state index contributed by atoms with van der Waals surface area (Å²) in [6.07, 6.45) is 4.08. The zero-order valence-electron chi connectivity index (χ0n) is 7.53. The fourth-order valence-corrected chi connectivity index (χ4v) is 1.93. The van der Waals surface area contributed by atoms with Gasteiger partial charge >= 0.3 is 0 Å². The molecule has 2 rings (SSSR count). The zero-order chi connectivity index (χ0) is 9.10. The number of carbonyl (C=O) groups is 1. The molecule has 74 valence electrons. The molecular formula is C9H14O4. The van der Waals surface area contributed by atoms with Crippen LogP contribution in [-0.4, -0.2) is 18.9 Å². The molecule has 2 atom stereocenters. The van der Waals surface area contributed by atoms with E-state index in [1.54, 1.807) is 0 Å². The molecule has 13 heavy (non-hydrogen) atoms. The van der Waals surface area contributed by atoms with Crippen LogP contribution in [0.25, 0.3) is 0 Å². The molecule has 4 heteroatoms. The quantitative estimate of drug-likeness (QED) is 0.611. The predicted molar refractivity (Wildman–Crippen MR) is 43.5 cm³/mol. The maximum absolute atomic E-state index is 11.1. The van der Waals surface area contributed by atoms with Crippen molar-refractivity contribution in [3.05, 3.63) is 0 Å². The van der Waals surface area contributed by atoms with Crippen molar-refractivity contribution < 1.29 is 19.3 Å². The molecule has 1 heterocycles. The summed E-state index contributed by atoms with van der Waals surface area (Å²) in [5.41, 5.74) is 0. The highest BCUT2D eigenvalue weighted by Crippen LogP contribution is 2.27. The van der Waals surface area contributed by atoms with E-state index in [2.05, 4.69) is 4.89 Å². The second-order valence-electron chi connectivity index (χ2n) is 3.66. The zero-order valence-corrected chi connectivity index (χ0v) is 7.53. The van der Waals surface area contributed by atoms with Crippen LogP contribution in [0.1, 0.15) is 32.1 Å². The Bertz CT molecular complexity index is 186. The standard InChI is InChI=1S/C9H14O4/c10-8-3-1-2-7(4-8)5-9-11-6-12-13-9/h7,9H,1-6H2. The van der Waals surface area contributed by atoms with E-state index >= 15 is 0 Å². The summed E-state index contributed by atoms with van der Waals surface area (Å²) in [6.45, 7) is 0.214. The molecule has 0 bridgehead atoms. The second kappa shape index (κ2) is 4.17. The van der Waals surface area contributed by atoms with E-state index in [9.17, 15) is 4.79 Å². The molecule has 0 spiro atoms. The van der Waals surface area contributed by atoms with E-state index in [1.807, 2.05) is 0 Å². The number of Topliss-reactive ketones (excluding diaryl/α,β-unsaturated/α-hetero) is 1. The van der Waals surface area contributed by atoms with Crippen LogP contribution in [0.4, 0.5) is 0 Å². The van der Waals surface area contributed by atoms with Gasteiger partial charge in [0.15, 0.2) is 13.1 Å². The number of hydrogen-bond donors (Lipinski definition) is 0. The summed E-state index contributed by atoms with van der Waals surface area (Å²) in [5, 5.41) is 0. The van der Waals surface area contributed by atoms with Gasteiger partial charge in [0.1, 0.15) is 5.78 Å². The third-order valence-corrected chi connectivity index (χ3v) is 2.59. The maximum atomic E-state index is 11.1. The summed E-state index contributed by atoms with van der Waals surface area (Å²) in [5.74, 6) is 0.795. The number of hydrogen-bond acceptors (Lipinski definition) is 4. The maximum Gasteiger partial charge on any atom is 0.194 e. The van der Waals surface area contributed by atoms with E-state index in [0.29, 0.717) is 18.1 Å². The lowest BCUT2D eigenvalue weighted by molar-refractivity contribution is -0.279. The molecule has 0 aromatic carbocycles. The molecule has 1 saturated carbocycles. The third-order valence-electron chi connectivity index (χ3n) is 2.59. The third kappa shape index (κ3) is 2.49. The van der Waals surface area contributed by atoms with Gasteiger partial charge in [0.25, 0.3) is 0 Å². The number of carbonyl (C=O) groups excluding carboxylic acids is 1. The van der Waals surface area contributed by atoms with Crippen molar-refractivity contribution >= 4 is 5.78 Å². The van der Waals surface area contributed by atoms with E-state index in [0.717, 1.165) is 25.7 Å². The Morgan fingerprint density at radius 1 is 1.46 bits per heavy atom. The Morgan fingerprint density at radius 3 is 3.08 bits per heavy atom. The monoisotopic (exact) mass is 186 g/mol. The minimum Gasteiger partial charge on any atom is -0.320 e. The van der Waals surface area contributed by atoms with Gasteiger partial charge in [-0.25, -0.2) is 9.78 Å². The highest BCUT2D eigenvalue weighted by Gasteiger charge is 2.26. The van der Waals surface area contributed by atoms with Crippen LogP contribution in [0, 0.1) is 5.92 Å². The van der Waals surface area contributed by atoms with Crippen LogP contribution in [0.5, 0.6) is 0 Å². The van der Waals surface area contributed by atoms with Crippen molar-refractivity contribution in [2.75, 3.05) is 6.79 Å². The smallest absolute Gasteiger partial charge is 0.194 e. The summed E-state index contributed by atoms with van der Waals surface area (Å²) in [6, 6.07) is 0. The van der Waals surface area contributed by atoms with Gasteiger partial charge in [0.05, 0.1) is 0 Å². The Labute approximate surface area is 77.1 Å². The summed E-state index contributed by atoms with van der Waals surface area (Å²) < 4.78 is 5.14. The highest BCUT2D eigenvalue weighted by atomic mass is 17.3. The van der Waals surface area contributed by atoms with Crippen LogP contribution in [0.15, 0.2) is 0 Å². The summed E-state index contributed by atoms with van der Waals surface area (Å²) >= 11 is 0. The number of ketones is 1. The molecule has 2 unspecified atom stereocenters. The van der Waals surface area contributed by atoms with Crippen molar-refractivity contribution in [3.63, 3.8) is 0 Å². The molecular weight excluding hydrogens is 172 g/mol. The van der Waals surface area contributed by atoms with Gasteiger partial charge in [-0.15, -0.1) is 0 Å². The van der Waals surface area contributed by atoms with Crippen LogP contribution in [-0.2, 0) is 19.3 Å². The van der Waals surface area contributed by atoms with Crippen molar-refractivity contribution in [3.8, 4) is 0 Å². The minimum absolute atomic E-state index is 0.214. The lowest BCUT2D eigenvalue weighted by atomic mass is 9.86. The largest absolute Gasteiger partial charge is 0.320 e. The lowest BCUT2D eigenvalue weighted by Crippen LogP contribution is -2.20. The molecule has 0 radical (unpaired) electrons. The van der Waals surface area contributed by atoms with Crippen molar-refractivity contribution in [1.82, 2.24) is 0 Å². The SMILES string of the molecule is O=C1CCCC(CC2OCOO2)C1. The molecule has 0 amide bonds. The first kappa shape index (κ1) is 9.12. The average molecular weight is 186 g/mol. The fraction of sp³-hybridized carbons (Fsp3) is 0.889. The molecule has 4 nitrogen and oxygen atoms in total. The first-order chi connectivity index (χ1) is 6.34. The van der Waals surface area contributed by atoms with Gasteiger partial charge in [-0.2, -0.15) is 0 Å². The second-order valence-corrected chi connectivity index (χ2v) is 3.66. The Kier molecular flexibility index (Phi) is 2.93. The minimum atomic E-state index is -0.254. The van der Waals surface area contributed by atoms with Crippen molar-refractivity contribution in [2.24, 2.45) is 5.92 Å². The average Bonchev–Trinajstić information content (AvgIpc) is 2.57. The Hall–Kier alpha value is -0.450. The van der Waals surface area contributed by atoms with E-state index < -0.39 is 0 Å². The molecule has 1 aliphatic heterocycles. The fourth-order valence-electron chi connectivity index (χ4n) is 1.93. The van der Waals surface area contributed by atoms with E-state index in [1.165, 1.54) is 0 Å². The molecule has 0 aromatic rings. The van der Waals surface area contributed by atoms with Gasteiger partial charge < -0.3 is 4.74 Å². The molecule has 0 aromatic heterocycles. The van der Waals surface area contributed by atoms with Crippen molar-refractivity contribution in [1.29, 1.82) is 0 Å². The van der Waals surface area contributed by atoms with Gasteiger partial charge in [-0.3, -0.25) is 4.79 Å². The molecule has 2 aliphatic rings. The molecule has 0 N–H and O–H groups in total. The van der Waals surface area contributed by atoms with E-state index in [-0.39, 0.29) is 13.1 Å². The van der Waals surface area contributed by atoms with Gasteiger partial charge in [0, 0.05) is 19.3 Å². The van der Waals surface area contributed by atoms with Crippen LogP contribution < -0.4 is 0 Å². The predicted octanol–water partition coefficient (Wildman–Crippen LogP) is 1.40. The molecule has 1 saturated heterocycles. The highest BCUT2D eigenvalue weighted by molar-refractivity contribution is 5.79. The number of ether oxygens (including phenoxy) is 1. The Balaban J connectivity index is 1.76. The normalized spacial score (nSPS) is 35.2. The molecule has 2 fully saturated rings. The lowest BCUT2D eigenvalue weighted by Gasteiger charge is -2.21. The summed E-state index contributed by atoms with van der Waals surface area (Å²) in [7, 11) is 0. The van der Waals surface area contributed by atoms with Gasteiger partial charge in [-0.1, -0.05) is 0 Å².